The quantitative estimate of drug-likeness (QED) is 0.835. The van der Waals surface area contributed by atoms with Crippen LogP contribution in [0, 0.1) is 11.3 Å². The van der Waals surface area contributed by atoms with Crippen molar-refractivity contribution in [2.45, 2.75) is 25.6 Å². The minimum Gasteiger partial charge on any atom is -0.484 e. The molecular weight excluding hydrogens is 311 g/mol. The number of halogens is 3. The summed E-state index contributed by atoms with van der Waals surface area (Å²) in [6.45, 7) is 0.576. The fourth-order valence-electron chi connectivity index (χ4n) is 1.81. The number of benzene rings is 1. The van der Waals surface area contributed by atoms with Crippen LogP contribution < -0.4 is 10.1 Å². The van der Waals surface area contributed by atoms with Crippen molar-refractivity contribution in [3.05, 3.63) is 24.3 Å². The Labute approximate surface area is 132 Å². The van der Waals surface area contributed by atoms with E-state index in [0.717, 1.165) is 0 Å². The summed E-state index contributed by atoms with van der Waals surface area (Å²) in [7, 11) is 1.58. The van der Waals surface area contributed by atoms with Gasteiger partial charge in [0.2, 0.25) is 5.91 Å². The van der Waals surface area contributed by atoms with Crippen LogP contribution in [0.5, 0.6) is 5.75 Å². The van der Waals surface area contributed by atoms with E-state index < -0.39 is 18.8 Å². The number of anilines is 1. The lowest BCUT2D eigenvalue weighted by Crippen LogP contribution is -2.39. The minimum absolute atomic E-state index is 0.0600. The second kappa shape index (κ2) is 8.27. The highest BCUT2D eigenvalue weighted by Gasteiger charge is 2.28. The van der Waals surface area contributed by atoms with Gasteiger partial charge in [-0.15, -0.1) is 0 Å². The third kappa shape index (κ3) is 6.91. The molecule has 1 amide bonds. The van der Waals surface area contributed by atoms with Crippen molar-refractivity contribution in [2.24, 2.45) is 0 Å². The molecule has 0 aromatic heterocycles. The standard InChI is InChI=1S/C15H18F3N3O2/c1-11(14(22)21(2)8-4-7-19)20-12-5-3-6-13(9-12)23-10-15(16,17)18/h3,5-6,9,11,20H,4,8,10H2,1-2H3/t11-/m0/s1. The van der Waals surface area contributed by atoms with Crippen molar-refractivity contribution in [1.82, 2.24) is 4.90 Å². The Morgan fingerprint density at radius 2 is 2.17 bits per heavy atom. The Hall–Kier alpha value is -2.43. The first-order chi connectivity index (χ1) is 10.7. The molecule has 5 nitrogen and oxygen atoms in total. The van der Waals surface area contributed by atoms with E-state index in [1.165, 1.54) is 23.1 Å². The highest BCUT2D eigenvalue weighted by atomic mass is 19.4. The zero-order valence-electron chi connectivity index (χ0n) is 12.9. The molecule has 0 saturated carbocycles. The van der Waals surface area contributed by atoms with Crippen molar-refractivity contribution in [1.29, 1.82) is 5.26 Å². The number of hydrogen-bond acceptors (Lipinski definition) is 4. The van der Waals surface area contributed by atoms with E-state index in [-0.39, 0.29) is 18.1 Å². The summed E-state index contributed by atoms with van der Waals surface area (Å²) in [5, 5.41) is 11.4. The minimum atomic E-state index is -4.41. The molecule has 0 heterocycles. The molecular formula is C15H18F3N3O2. The highest BCUT2D eigenvalue weighted by molar-refractivity contribution is 5.84. The fourth-order valence-corrected chi connectivity index (χ4v) is 1.81. The molecule has 126 valence electrons. The number of nitrogens with one attached hydrogen (secondary N) is 1. The molecule has 0 saturated heterocycles. The number of nitriles is 1. The molecule has 1 N–H and O–H groups in total. The Morgan fingerprint density at radius 3 is 2.78 bits per heavy atom. The van der Waals surface area contributed by atoms with Gasteiger partial charge in [0.15, 0.2) is 6.61 Å². The van der Waals surface area contributed by atoms with E-state index in [1.807, 2.05) is 6.07 Å². The maximum atomic E-state index is 12.1. The Balaban J connectivity index is 2.63. The molecule has 0 aliphatic carbocycles. The summed E-state index contributed by atoms with van der Waals surface area (Å²) in [5.41, 5.74) is 0.471. The van der Waals surface area contributed by atoms with Gasteiger partial charge < -0.3 is 15.0 Å². The number of amides is 1. The predicted molar refractivity (Wildman–Crippen MR) is 78.9 cm³/mol. The van der Waals surface area contributed by atoms with Crippen LogP contribution in [0.25, 0.3) is 0 Å². The average molecular weight is 329 g/mol. The summed E-state index contributed by atoms with van der Waals surface area (Å²) in [4.78, 5) is 13.5. The van der Waals surface area contributed by atoms with Crippen LogP contribution in [0.4, 0.5) is 18.9 Å². The molecule has 0 aliphatic rings. The van der Waals surface area contributed by atoms with Crippen LogP contribution in [0.2, 0.25) is 0 Å². The summed E-state index contributed by atoms with van der Waals surface area (Å²) in [5.74, 6) is -0.160. The summed E-state index contributed by atoms with van der Waals surface area (Å²) < 4.78 is 41.1. The molecule has 0 unspecified atom stereocenters. The summed E-state index contributed by atoms with van der Waals surface area (Å²) in [6, 6.07) is 7.32. The number of carbonyl (C=O) groups excluding carboxylic acids is 1. The zero-order chi connectivity index (χ0) is 17.5. The van der Waals surface area contributed by atoms with Crippen molar-refractivity contribution in [3.8, 4) is 11.8 Å². The van der Waals surface area contributed by atoms with Crippen LogP contribution in [0.15, 0.2) is 24.3 Å². The van der Waals surface area contributed by atoms with Gasteiger partial charge in [0.1, 0.15) is 11.8 Å². The molecule has 1 atom stereocenters. The molecule has 0 aliphatic heterocycles. The Morgan fingerprint density at radius 1 is 1.48 bits per heavy atom. The van der Waals surface area contributed by atoms with E-state index >= 15 is 0 Å². The highest BCUT2D eigenvalue weighted by Crippen LogP contribution is 2.21. The van der Waals surface area contributed by atoms with Gasteiger partial charge in [0.25, 0.3) is 0 Å². The maximum absolute atomic E-state index is 12.1. The largest absolute Gasteiger partial charge is 0.484 e. The lowest BCUT2D eigenvalue weighted by Gasteiger charge is -2.22. The first-order valence-corrected chi connectivity index (χ1v) is 6.91. The lowest BCUT2D eigenvalue weighted by molar-refractivity contribution is -0.153. The topological polar surface area (TPSA) is 65.4 Å². The van der Waals surface area contributed by atoms with Gasteiger partial charge in [0, 0.05) is 25.3 Å². The van der Waals surface area contributed by atoms with Crippen molar-refractivity contribution < 1.29 is 22.7 Å². The molecule has 1 aromatic rings. The van der Waals surface area contributed by atoms with Crippen molar-refractivity contribution >= 4 is 11.6 Å². The lowest BCUT2D eigenvalue weighted by atomic mass is 10.2. The Bertz CT molecular complexity index is 570. The van der Waals surface area contributed by atoms with Crippen LogP contribution >= 0.6 is 0 Å². The zero-order valence-corrected chi connectivity index (χ0v) is 12.9. The Kier molecular flexibility index (Phi) is 6.69. The van der Waals surface area contributed by atoms with E-state index in [0.29, 0.717) is 12.2 Å². The smallest absolute Gasteiger partial charge is 0.422 e. The average Bonchev–Trinajstić information content (AvgIpc) is 2.49. The predicted octanol–water partition coefficient (Wildman–Crippen LogP) is 2.80. The van der Waals surface area contributed by atoms with Gasteiger partial charge in [-0.05, 0) is 19.1 Å². The van der Waals surface area contributed by atoms with Crippen LogP contribution in [0.1, 0.15) is 13.3 Å². The van der Waals surface area contributed by atoms with Crippen molar-refractivity contribution in [2.75, 3.05) is 25.5 Å². The number of alkyl halides is 3. The second-order valence-electron chi connectivity index (χ2n) is 4.97. The monoisotopic (exact) mass is 329 g/mol. The summed E-state index contributed by atoms with van der Waals surface area (Å²) in [6.07, 6.45) is -4.17. The number of hydrogen-bond donors (Lipinski definition) is 1. The van der Waals surface area contributed by atoms with Gasteiger partial charge in [-0.2, -0.15) is 18.4 Å². The van der Waals surface area contributed by atoms with E-state index in [1.54, 1.807) is 20.0 Å². The molecule has 0 bridgehead atoms. The van der Waals surface area contributed by atoms with Crippen LogP contribution in [-0.2, 0) is 4.79 Å². The third-order valence-electron chi connectivity index (χ3n) is 2.93. The molecule has 0 fully saturated rings. The normalized spacial score (nSPS) is 12.2. The molecule has 23 heavy (non-hydrogen) atoms. The van der Waals surface area contributed by atoms with Gasteiger partial charge >= 0.3 is 6.18 Å². The van der Waals surface area contributed by atoms with Crippen LogP contribution in [-0.4, -0.2) is 43.2 Å². The van der Waals surface area contributed by atoms with Gasteiger partial charge in [-0.1, -0.05) is 6.07 Å². The van der Waals surface area contributed by atoms with Gasteiger partial charge in [0.05, 0.1) is 12.5 Å². The number of rotatable bonds is 7. The number of carbonyl (C=O) groups is 1. The molecule has 0 radical (unpaired) electrons. The molecule has 0 spiro atoms. The van der Waals surface area contributed by atoms with E-state index in [2.05, 4.69) is 10.1 Å². The number of ether oxygens (including phenoxy) is 1. The van der Waals surface area contributed by atoms with Crippen LogP contribution in [0.3, 0.4) is 0 Å². The van der Waals surface area contributed by atoms with E-state index in [9.17, 15) is 18.0 Å². The SMILES string of the molecule is C[C@H](Nc1cccc(OCC(F)(F)F)c1)C(=O)N(C)CCC#N. The van der Waals surface area contributed by atoms with Gasteiger partial charge in [-0.3, -0.25) is 4.79 Å². The number of likely N-dealkylation sites (N-methyl/N-ethyl adjacent to an activating group) is 1. The van der Waals surface area contributed by atoms with Gasteiger partial charge in [-0.25, -0.2) is 0 Å². The maximum Gasteiger partial charge on any atom is 0.422 e. The van der Waals surface area contributed by atoms with Crippen molar-refractivity contribution in [3.63, 3.8) is 0 Å². The first-order valence-electron chi connectivity index (χ1n) is 6.91. The molecule has 8 heteroatoms. The second-order valence-corrected chi connectivity index (χ2v) is 4.97. The molecule has 1 rings (SSSR count). The van der Waals surface area contributed by atoms with E-state index in [4.69, 9.17) is 5.26 Å². The number of nitrogens with zero attached hydrogens (tertiary/aromatic N) is 2. The fraction of sp³-hybridized carbons (Fsp3) is 0.467. The first kappa shape index (κ1) is 18.6. The molecule has 1 aromatic carbocycles. The summed E-state index contributed by atoms with van der Waals surface area (Å²) >= 11 is 0. The third-order valence-corrected chi connectivity index (χ3v) is 2.93.